The summed E-state index contributed by atoms with van der Waals surface area (Å²) in [5, 5.41) is 3.02. The van der Waals surface area contributed by atoms with Gasteiger partial charge >= 0.3 is 0 Å². The molecule has 0 saturated carbocycles. The third-order valence-corrected chi connectivity index (χ3v) is 4.29. The first-order chi connectivity index (χ1) is 10.7. The Morgan fingerprint density at radius 1 is 1.18 bits per heavy atom. The summed E-state index contributed by atoms with van der Waals surface area (Å²) in [4.78, 5) is 16.5. The van der Waals surface area contributed by atoms with E-state index >= 15 is 0 Å². The number of aryl methyl sites for hydroxylation is 2. The largest absolute Gasteiger partial charge is 0.348 e. The molecule has 1 aromatic carbocycles. The lowest BCUT2D eigenvalue weighted by molar-refractivity contribution is -0.121. The standard InChI is InChI=1S/C19H22N2O/c1-14(18-8-4-5-11-20-18)21-19(22)13-15-9-10-16-6-2-3-7-17(16)12-15/h4-5,8-12,14H,2-3,6-7,13H2,1H3,(H,21,22). The minimum absolute atomic E-state index is 0.0499. The van der Waals surface area contributed by atoms with Crippen LogP contribution in [0.15, 0.2) is 42.6 Å². The third kappa shape index (κ3) is 3.53. The van der Waals surface area contributed by atoms with Gasteiger partial charge in [0, 0.05) is 6.20 Å². The van der Waals surface area contributed by atoms with E-state index in [0.717, 1.165) is 17.7 Å². The van der Waals surface area contributed by atoms with Gasteiger partial charge in [0.05, 0.1) is 18.2 Å². The topological polar surface area (TPSA) is 42.0 Å². The first-order valence-electron chi connectivity index (χ1n) is 8.03. The number of carbonyl (C=O) groups is 1. The normalized spacial score (nSPS) is 15.0. The number of fused-ring (bicyclic) bond motifs is 1. The van der Waals surface area contributed by atoms with Gasteiger partial charge in [0.15, 0.2) is 0 Å². The van der Waals surface area contributed by atoms with Gasteiger partial charge in [-0.3, -0.25) is 9.78 Å². The van der Waals surface area contributed by atoms with Gasteiger partial charge in [0.1, 0.15) is 0 Å². The second-order valence-corrected chi connectivity index (χ2v) is 6.03. The molecule has 3 nitrogen and oxygen atoms in total. The summed E-state index contributed by atoms with van der Waals surface area (Å²) in [5.41, 5.74) is 4.87. The first kappa shape index (κ1) is 14.8. The third-order valence-electron chi connectivity index (χ3n) is 4.29. The quantitative estimate of drug-likeness (QED) is 0.939. The zero-order chi connectivity index (χ0) is 15.4. The molecule has 1 amide bonds. The summed E-state index contributed by atoms with van der Waals surface area (Å²) in [7, 11) is 0. The van der Waals surface area contributed by atoms with E-state index in [1.807, 2.05) is 25.1 Å². The van der Waals surface area contributed by atoms with Crippen LogP contribution in [0.5, 0.6) is 0 Å². The fraction of sp³-hybridized carbons (Fsp3) is 0.368. The van der Waals surface area contributed by atoms with Crippen LogP contribution in [0.2, 0.25) is 0 Å². The molecule has 1 unspecified atom stereocenters. The van der Waals surface area contributed by atoms with Gasteiger partial charge in [-0.05, 0) is 61.4 Å². The maximum atomic E-state index is 12.2. The van der Waals surface area contributed by atoms with Crippen molar-refractivity contribution in [1.29, 1.82) is 0 Å². The van der Waals surface area contributed by atoms with Gasteiger partial charge in [-0.1, -0.05) is 24.3 Å². The molecule has 22 heavy (non-hydrogen) atoms. The van der Waals surface area contributed by atoms with Crippen molar-refractivity contribution in [3.63, 3.8) is 0 Å². The van der Waals surface area contributed by atoms with Gasteiger partial charge < -0.3 is 5.32 Å². The lowest BCUT2D eigenvalue weighted by atomic mass is 9.90. The zero-order valence-electron chi connectivity index (χ0n) is 13.0. The van der Waals surface area contributed by atoms with Crippen molar-refractivity contribution in [2.75, 3.05) is 0 Å². The van der Waals surface area contributed by atoms with Crippen LogP contribution in [0.25, 0.3) is 0 Å². The highest BCUT2D eigenvalue weighted by atomic mass is 16.1. The van der Waals surface area contributed by atoms with Gasteiger partial charge in [-0.25, -0.2) is 0 Å². The fourth-order valence-corrected chi connectivity index (χ4v) is 3.08. The lowest BCUT2D eigenvalue weighted by Gasteiger charge is -2.17. The Balaban J connectivity index is 1.62. The number of amides is 1. The Bertz CT molecular complexity index is 652. The number of pyridine rings is 1. The Morgan fingerprint density at radius 2 is 2.00 bits per heavy atom. The summed E-state index contributed by atoms with van der Waals surface area (Å²) in [5.74, 6) is 0.0499. The molecular formula is C19H22N2O. The van der Waals surface area contributed by atoms with Crippen LogP contribution in [-0.2, 0) is 24.1 Å². The predicted molar refractivity (Wildman–Crippen MR) is 87.6 cm³/mol. The molecule has 1 heterocycles. The van der Waals surface area contributed by atoms with E-state index in [4.69, 9.17) is 0 Å². The van der Waals surface area contributed by atoms with E-state index in [-0.39, 0.29) is 11.9 Å². The molecule has 2 aromatic rings. The molecule has 114 valence electrons. The first-order valence-corrected chi connectivity index (χ1v) is 8.03. The van der Waals surface area contributed by atoms with Gasteiger partial charge in [0.25, 0.3) is 0 Å². The number of nitrogens with zero attached hydrogens (tertiary/aromatic N) is 1. The Kier molecular flexibility index (Phi) is 4.52. The maximum Gasteiger partial charge on any atom is 0.224 e. The van der Waals surface area contributed by atoms with E-state index in [1.165, 1.54) is 30.4 Å². The van der Waals surface area contributed by atoms with Gasteiger partial charge in [-0.15, -0.1) is 0 Å². The van der Waals surface area contributed by atoms with E-state index in [1.54, 1.807) is 6.20 Å². The van der Waals surface area contributed by atoms with Crippen LogP contribution >= 0.6 is 0 Å². The van der Waals surface area contributed by atoms with Crippen molar-refractivity contribution in [3.05, 3.63) is 65.0 Å². The van der Waals surface area contributed by atoms with Crippen molar-refractivity contribution in [3.8, 4) is 0 Å². The summed E-state index contributed by atoms with van der Waals surface area (Å²) in [6.45, 7) is 1.97. The molecule has 0 saturated heterocycles. The minimum atomic E-state index is -0.0636. The van der Waals surface area contributed by atoms with Crippen molar-refractivity contribution in [2.24, 2.45) is 0 Å². The molecule has 0 spiro atoms. The molecule has 0 fully saturated rings. The number of aromatic nitrogens is 1. The number of hydrogen-bond donors (Lipinski definition) is 1. The second kappa shape index (κ2) is 6.73. The van der Waals surface area contributed by atoms with Crippen LogP contribution in [0.4, 0.5) is 0 Å². The molecule has 0 radical (unpaired) electrons. The van der Waals surface area contributed by atoms with E-state index in [2.05, 4.69) is 28.5 Å². The summed E-state index contributed by atoms with van der Waals surface area (Å²) >= 11 is 0. The molecule has 0 aliphatic heterocycles. The molecule has 1 aromatic heterocycles. The average molecular weight is 294 g/mol. The lowest BCUT2D eigenvalue weighted by Crippen LogP contribution is -2.28. The Morgan fingerprint density at radius 3 is 2.77 bits per heavy atom. The number of carbonyl (C=O) groups excluding carboxylic acids is 1. The summed E-state index contributed by atoms with van der Waals surface area (Å²) in [6.07, 6.45) is 7.06. The zero-order valence-corrected chi connectivity index (χ0v) is 13.0. The van der Waals surface area contributed by atoms with Crippen LogP contribution in [0.3, 0.4) is 0 Å². The van der Waals surface area contributed by atoms with Gasteiger partial charge in [0.2, 0.25) is 5.91 Å². The molecule has 3 heteroatoms. The highest BCUT2D eigenvalue weighted by Crippen LogP contribution is 2.22. The van der Waals surface area contributed by atoms with Crippen LogP contribution < -0.4 is 5.32 Å². The Labute approximate surface area is 131 Å². The number of benzene rings is 1. The monoisotopic (exact) mass is 294 g/mol. The molecular weight excluding hydrogens is 272 g/mol. The second-order valence-electron chi connectivity index (χ2n) is 6.03. The van der Waals surface area contributed by atoms with E-state index in [9.17, 15) is 4.79 Å². The average Bonchev–Trinajstić information content (AvgIpc) is 2.55. The molecule has 3 rings (SSSR count). The van der Waals surface area contributed by atoms with Crippen LogP contribution in [0.1, 0.15) is 48.2 Å². The van der Waals surface area contributed by atoms with Crippen molar-refractivity contribution in [1.82, 2.24) is 10.3 Å². The van der Waals surface area contributed by atoms with E-state index in [0.29, 0.717) is 6.42 Å². The maximum absolute atomic E-state index is 12.2. The summed E-state index contributed by atoms with van der Waals surface area (Å²) < 4.78 is 0. The highest BCUT2D eigenvalue weighted by molar-refractivity contribution is 5.79. The van der Waals surface area contributed by atoms with E-state index < -0.39 is 0 Å². The predicted octanol–water partition coefficient (Wildman–Crippen LogP) is 3.38. The number of rotatable bonds is 4. The molecule has 1 atom stereocenters. The summed E-state index contributed by atoms with van der Waals surface area (Å²) in [6, 6.07) is 12.2. The van der Waals surface area contributed by atoms with Crippen LogP contribution in [0, 0.1) is 0 Å². The molecule has 0 bridgehead atoms. The Hall–Kier alpha value is -2.16. The van der Waals surface area contributed by atoms with Crippen molar-refractivity contribution < 1.29 is 4.79 Å². The molecule has 1 aliphatic carbocycles. The highest BCUT2D eigenvalue weighted by Gasteiger charge is 2.13. The SMILES string of the molecule is CC(NC(=O)Cc1ccc2c(c1)CCCC2)c1ccccn1. The minimum Gasteiger partial charge on any atom is -0.348 e. The fourth-order valence-electron chi connectivity index (χ4n) is 3.08. The number of nitrogens with one attached hydrogen (secondary N) is 1. The van der Waals surface area contributed by atoms with Crippen molar-refractivity contribution in [2.45, 2.75) is 45.1 Å². The van der Waals surface area contributed by atoms with Crippen LogP contribution in [-0.4, -0.2) is 10.9 Å². The van der Waals surface area contributed by atoms with Crippen molar-refractivity contribution >= 4 is 5.91 Å². The van der Waals surface area contributed by atoms with Gasteiger partial charge in [-0.2, -0.15) is 0 Å². The smallest absolute Gasteiger partial charge is 0.224 e. The molecule has 1 N–H and O–H groups in total. The number of hydrogen-bond acceptors (Lipinski definition) is 2. The molecule has 1 aliphatic rings.